The number of aliphatic hydroxyl groups excluding tert-OH is 1. The van der Waals surface area contributed by atoms with Crippen molar-refractivity contribution in [3.8, 4) is 11.1 Å². The van der Waals surface area contributed by atoms with Gasteiger partial charge in [0.1, 0.15) is 0 Å². The molecule has 59 heavy (non-hydrogen) atoms. The maximum Gasteiger partial charge on any atom is 0.224 e. The van der Waals surface area contributed by atoms with Gasteiger partial charge in [-0.1, -0.05) is 122 Å². The molecule has 0 radical (unpaired) electrons. The summed E-state index contributed by atoms with van der Waals surface area (Å²) in [5.74, 6) is -0.0820. The lowest BCUT2D eigenvalue weighted by atomic mass is 9.97. The molecular weight excluding hydrogens is 739 g/mol. The Morgan fingerprint density at radius 3 is 2.08 bits per heavy atom. The number of hydrogen-bond acceptors (Lipinski definition) is 8. The van der Waals surface area contributed by atoms with E-state index >= 15 is 0 Å². The van der Waals surface area contributed by atoms with Gasteiger partial charge in [0, 0.05) is 70.6 Å². The zero-order valence-corrected chi connectivity index (χ0v) is 33.8. The molecule has 0 saturated carbocycles. The number of carbonyl (C=O) groups excluding carboxylic acids is 2. The van der Waals surface area contributed by atoms with E-state index in [4.69, 9.17) is 15.2 Å². The lowest BCUT2D eigenvalue weighted by Crippen LogP contribution is -2.49. The Hall–Kier alpha value is -5.36. The zero-order chi connectivity index (χ0) is 40.8. The number of piperazine rings is 1. The van der Waals surface area contributed by atoms with Gasteiger partial charge in [-0.25, -0.2) is 0 Å². The van der Waals surface area contributed by atoms with Crippen molar-refractivity contribution in [3.63, 3.8) is 0 Å². The van der Waals surface area contributed by atoms with Gasteiger partial charge in [0.2, 0.25) is 11.8 Å². The molecule has 2 aliphatic heterocycles. The third kappa shape index (κ3) is 12.1. The van der Waals surface area contributed by atoms with Crippen LogP contribution in [0.25, 0.3) is 11.1 Å². The minimum Gasteiger partial charge on any atom is -0.397 e. The molecule has 5 N–H and O–H groups in total. The van der Waals surface area contributed by atoms with Gasteiger partial charge in [-0.15, -0.1) is 0 Å². The first-order chi connectivity index (χ1) is 28.9. The molecule has 2 saturated heterocycles. The maximum absolute atomic E-state index is 12.8. The summed E-state index contributed by atoms with van der Waals surface area (Å²) in [6.07, 6.45) is 3.04. The van der Waals surface area contributed by atoms with Crippen LogP contribution in [0.15, 0.2) is 127 Å². The Morgan fingerprint density at radius 1 is 0.678 bits per heavy atom. The minimum atomic E-state index is -0.531. The molecule has 5 aromatic rings. The number of anilines is 2. The van der Waals surface area contributed by atoms with Crippen LogP contribution in [0.1, 0.15) is 78.7 Å². The molecule has 2 aliphatic rings. The molecule has 10 nitrogen and oxygen atoms in total. The minimum absolute atomic E-state index is 0.00701. The van der Waals surface area contributed by atoms with E-state index in [2.05, 4.69) is 93.2 Å². The average molecular weight is 796 g/mol. The van der Waals surface area contributed by atoms with Gasteiger partial charge >= 0.3 is 0 Å². The van der Waals surface area contributed by atoms with Crippen LogP contribution in [0.3, 0.4) is 0 Å². The lowest BCUT2D eigenvalue weighted by Gasteiger charge is -2.40. The highest BCUT2D eigenvalue weighted by atomic mass is 16.7. The smallest absolute Gasteiger partial charge is 0.224 e. The third-order valence-corrected chi connectivity index (χ3v) is 11.3. The highest BCUT2D eigenvalue weighted by Crippen LogP contribution is 2.39. The second kappa shape index (κ2) is 21.1. The molecule has 0 spiro atoms. The maximum atomic E-state index is 12.8. The summed E-state index contributed by atoms with van der Waals surface area (Å²) < 4.78 is 13.4. The van der Waals surface area contributed by atoms with Crippen molar-refractivity contribution in [1.82, 2.24) is 15.1 Å². The van der Waals surface area contributed by atoms with E-state index in [9.17, 15) is 14.7 Å². The fourth-order valence-corrected chi connectivity index (χ4v) is 7.92. The third-order valence-electron chi connectivity index (χ3n) is 11.3. The molecule has 0 aromatic heterocycles. The molecule has 3 atom stereocenters. The van der Waals surface area contributed by atoms with Crippen molar-refractivity contribution in [3.05, 3.63) is 155 Å². The van der Waals surface area contributed by atoms with E-state index in [0.717, 1.165) is 85.5 Å². The van der Waals surface area contributed by atoms with Crippen LogP contribution in [-0.4, -0.2) is 65.5 Å². The summed E-state index contributed by atoms with van der Waals surface area (Å²) in [5.41, 5.74) is 14.5. The summed E-state index contributed by atoms with van der Waals surface area (Å²) in [5, 5.41) is 15.6. The number of rotatable bonds is 17. The van der Waals surface area contributed by atoms with E-state index in [1.165, 1.54) is 5.56 Å². The number of nitrogens with two attached hydrogens (primary N) is 1. The van der Waals surface area contributed by atoms with Crippen LogP contribution >= 0.6 is 0 Å². The van der Waals surface area contributed by atoms with Gasteiger partial charge in [0.05, 0.1) is 30.2 Å². The molecule has 10 heteroatoms. The molecule has 2 heterocycles. The van der Waals surface area contributed by atoms with Crippen LogP contribution < -0.4 is 16.4 Å². The van der Waals surface area contributed by atoms with Crippen LogP contribution in [0.5, 0.6) is 0 Å². The molecule has 2 amide bonds. The number of nitrogens with zero attached hydrogens (tertiary/aromatic N) is 2. The second-order valence-corrected chi connectivity index (χ2v) is 15.7. The van der Waals surface area contributed by atoms with Crippen molar-refractivity contribution in [1.29, 1.82) is 0 Å². The number of ether oxygens (including phenoxy) is 2. The van der Waals surface area contributed by atoms with Gasteiger partial charge in [-0.3, -0.25) is 19.4 Å². The number of para-hydroxylation sites is 2. The van der Waals surface area contributed by atoms with Crippen LogP contribution in [0.2, 0.25) is 0 Å². The van der Waals surface area contributed by atoms with Crippen molar-refractivity contribution in [2.24, 2.45) is 0 Å². The van der Waals surface area contributed by atoms with Crippen LogP contribution in [-0.2, 0) is 38.8 Å². The van der Waals surface area contributed by atoms with Crippen molar-refractivity contribution in [2.75, 3.05) is 43.8 Å². The predicted octanol–water partition coefficient (Wildman–Crippen LogP) is 8.00. The molecule has 308 valence electrons. The molecular formula is C49H57N5O5. The number of aliphatic hydroxyl groups is 1. The Bertz CT molecular complexity index is 2090. The van der Waals surface area contributed by atoms with Gasteiger partial charge in [0.25, 0.3) is 0 Å². The van der Waals surface area contributed by atoms with Gasteiger partial charge in [0.15, 0.2) is 6.29 Å². The molecule has 0 aliphatic carbocycles. The fourth-order valence-electron chi connectivity index (χ4n) is 7.92. The highest BCUT2D eigenvalue weighted by molar-refractivity contribution is 5.93. The standard InChI is InChI=1S/C49H57N5O5/c50-44-15-9-10-16-45(44)52-48(57)18-6-2-5-17-47(56)51-32-41-13-7-8-14-43(41)38-23-25-40(26-24-38)49-58-42(31-46(59-49)39-21-19-37(35-55)20-22-39)34-54-29-27-53(28-30-54)33-36-11-3-1-4-12-36/h1,3-4,7-16,19-26,42,46,49,55H,2,5-6,17-18,27-35,50H2,(H,51,56)(H,52,57). The summed E-state index contributed by atoms with van der Waals surface area (Å²) in [6, 6.07) is 42.5. The van der Waals surface area contributed by atoms with Gasteiger partial charge in [-0.2, -0.15) is 0 Å². The van der Waals surface area contributed by atoms with E-state index in [0.29, 0.717) is 43.6 Å². The number of amides is 2. The Morgan fingerprint density at radius 2 is 1.34 bits per heavy atom. The average Bonchev–Trinajstić information content (AvgIpc) is 3.27. The van der Waals surface area contributed by atoms with Gasteiger partial charge < -0.3 is 30.9 Å². The summed E-state index contributed by atoms with van der Waals surface area (Å²) >= 11 is 0. The largest absolute Gasteiger partial charge is 0.397 e. The zero-order valence-electron chi connectivity index (χ0n) is 33.8. The summed E-state index contributed by atoms with van der Waals surface area (Å²) in [6.45, 7) is 6.27. The predicted molar refractivity (Wildman–Crippen MR) is 233 cm³/mol. The van der Waals surface area contributed by atoms with Crippen molar-refractivity contribution < 1.29 is 24.2 Å². The van der Waals surface area contributed by atoms with E-state index in [-0.39, 0.29) is 30.6 Å². The lowest BCUT2D eigenvalue weighted by molar-refractivity contribution is -0.253. The normalized spacial score (nSPS) is 18.6. The molecule has 0 bridgehead atoms. The monoisotopic (exact) mass is 795 g/mol. The molecule has 2 fully saturated rings. The summed E-state index contributed by atoms with van der Waals surface area (Å²) in [7, 11) is 0. The number of carbonyl (C=O) groups is 2. The molecule has 5 aromatic carbocycles. The van der Waals surface area contributed by atoms with E-state index in [1.54, 1.807) is 12.1 Å². The van der Waals surface area contributed by atoms with Crippen molar-refractivity contribution >= 4 is 23.2 Å². The summed E-state index contributed by atoms with van der Waals surface area (Å²) in [4.78, 5) is 30.2. The highest BCUT2D eigenvalue weighted by Gasteiger charge is 2.34. The number of hydrogen-bond donors (Lipinski definition) is 4. The second-order valence-electron chi connectivity index (χ2n) is 15.7. The SMILES string of the molecule is Nc1ccccc1NC(=O)CCCCCC(=O)NCc1ccccc1-c1ccc(C2OC(CN3CCN(Cc4ccccc4)CC3)CC(c3ccc(CO)cc3)O2)cc1. The van der Waals surface area contributed by atoms with Crippen molar-refractivity contribution in [2.45, 2.75) is 76.7 Å². The Labute approximate surface area is 348 Å². The first kappa shape index (κ1) is 41.8. The first-order valence-electron chi connectivity index (χ1n) is 21.0. The fraction of sp³-hybridized carbons (Fsp3) is 0.347. The van der Waals surface area contributed by atoms with Crippen LogP contribution in [0.4, 0.5) is 11.4 Å². The Balaban J connectivity index is 0.923. The van der Waals surface area contributed by atoms with E-state index in [1.807, 2.05) is 42.5 Å². The topological polar surface area (TPSA) is 129 Å². The number of benzene rings is 5. The molecule has 3 unspecified atom stereocenters. The Kier molecular flexibility index (Phi) is 14.9. The number of unbranched alkanes of at least 4 members (excludes halogenated alkanes) is 2. The van der Waals surface area contributed by atoms with Gasteiger partial charge in [-0.05, 0) is 58.4 Å². The number of nitrogen functional groups attached to an aromatic ring is 1. The first-order valence-corrected chi connectivity index (χ1v) is 21.0. The molecule has 7 rings (SSSR count). The number of nitrogens with one attached hydrogen (secondary N) is 2. The van der Waals surface area contributed by atoms with E-state index < -0.39 is 6.29 Å². The quantitative estimate of drug-likeness (QED) is 0.0551. The van der Waals surface area contributed by atoms with Crippen LogP contribution in [0, 0.1) is 0 Å².